The molecule has 0 radical (unpaired) electrons. The Morgan fingerprint density at radius 3 is 2.31 bits per heavy atom. The molecule has 3 rings (SSSR count). The Bertz CT molecular complexity index is 922. The summed E-state index contributed by atoms with van der Waals surface area (Å²) in [6, 6.07) is 2.87. The molecule has 2 saturated heterocycles. The lowest BCUT2D eigenvalue weighted by molar-refractivity contribution is -0.00526. The maximum absolute atomic E-state index is 15.1. The summed E-state index contributed by atoms with van der Waals surface area (Å²) in [6.45, 7) is 11.2. The van der Waals surface area contributed by atoms with E-state index in [9.17, 15) is 13.2 Å². The lowest BCUT2D eigenvalue weighted by atomic mass is 10.1. The minimum atomic E-state index is -3.35. The largest absolute Gasteiger partial charge is 0.372 e. The van der Waals surface area contributed by atoms with Crippen LogP contribution in [0.5, 0.6) is 0 Å². The molecule has 2 unspecified atom stereocenters. The van der Waals surface area contributed by atoms with Crippen LogP contribution in [-0.2, 0) is 14.8 Å². The van der Waals surface area contributed by atoms with Crippen molar-refractivity contribution in [1.82, 2.24) is 9.62 Å². The zero-order valence-electron chi connectivity index (χ0n) is 19.5. The Hall–Kier alpha value is -1.91. The topological polar surface area (TPSA) is 91.0 Å². The summed E-state index contributed by atoms with van der Waals surface area (Å²) in [5, 5.41) is 2.18. The van der Waals surface area contributed by atoms with Crippen molar-refractivity contribution in [1.29, 1.82) is 0 Å². The van der Waals surface area contributed by atoms with Gasteiger partial charge in [-0.15, -0.1) is 0 Å². The molecule has 1 aromatic carbocycles. The maximum atomic E-state index is 15.1. The SMILES string of the molecule is Cc1c(N2CC(C)OC(C)C2)ccc(NC(=O)N2CCC(NS(=O)(=O)C(C)C)CC2)c1F. The number of ether oxygens (including phenoxy) is 1. The van der Waals surface area contributed by atoms with Gasteiger partial charge in [0.25, 0.3) is 0 Å². The highest BCUT2D eigenvalue weighted by atomic mass is 32.2. The van der Waals surface area contributed by atoms with Crippen LogP contribution in [0, 0.1) is 12.7 Å². The van der Waals surface area contributed by atoms with Crippen molar-refractivity contribution in [2.45, 2.75) is 71.0 Å². The molecule has 2 N–H and O–H groups in total. The van der Waals surface area contributed by atoms with Gasteiger partial charge in [0.15, 0.2) is 5.82 Å². The maximum Gasteiger partial charge on any atom is 0.321 e. The first-order valence-electron chi connectivity index (χ1n) is 11.2. The molecule has 8 nitrogen and oxygen atoms in total. The van der Waals surface area contributed by atoms with E-state index >= 15 is 4.39 Å². The van der Waals surface area contributed by atoms with E-state index in [1.165, 1.54) is 0 Å². The van der Waals surface area contributed by atoms with Gasteiger partial charge in [-0.05, 0) is 59.6 Å². The summed E-state index contributed by atoms with van der Waals surface area (Å²) in [4.78, 5) is 16.4. The monoisotopic (exact) mass is 470 g/mol. The number of hydrogen-bond donors (Lipinski definition) is 2. The van der Waals surface area contributed by atoms with Gasteiger partial charge in [0.05, 0.1) is 23.1 Å². The predicted octanol–water partition coefficient (Wildman–Crippen LogP) is 3.07. The van der Waals surface area contributed by atoms with Gasteiger partial charge in [-0.3, -0.25) is 0 Å². The first-order valence-corrected chi connectivity index (χ1v) is 12.8. The first kappa shape index (κ1) is 24.7. The molecule has 2 amide bonds. The summed E-state index contributed by atoms with van der Waals surface area (Å²) < 4.78 is 47.7. The number of rotatable bonds is 5. The second-order valence-electron chi connectivity index (χ2n) is 9.14. The van der Waals surface area contributed by atoms with Gasteiger partial charge in [0.1, 0.15) is 0 Å². The van der Waals surface area contributed by atoms with Gasteiger partial charge < -0.3 is 19.9 Å². The van der Waals surface area contributed by atoms with Crippen molar-refractivity contribution in [3.05, 3.63) is 23.5 Å². The molecule has 0 saturated carbocycles. The van der Waals surface area contributed by atoms with Crippen molar-refractivity contribution < 1.29 is 22.3 Å². The van der Waals surface area contributed by atoms with Crippen molar-refractivity contribution in [2.75, 3.05) is 36.4 Å². The first-order chi connectivity index (χ1) is 15.0. The van der Waals surface area contributed by atoms with Crippen LogP contribution in [0.25, 0.3) is 0 Å². The zero-order chi connectivity index (χ0) is 23.6. The Balaban J connectivity index is 1.61. The summed E-state index contributed by atoms with van der Waals surface area (Å²) in [6.07, 6.45) is 1.17. The van der Waals surface area contributed by atoms with Crippen LogP contribution in [0.3, 0.4) is 0 Å². The molecule has 10 heteroatoms. The number of sulfonamides is 1. The lowest BCUT2D eigenvalue weighted by Crippen LogP contribution is -2.48. The fourth-order valence-corrected chi connectivity index (χ4v) is 5.22. The molecule has 0 aliphatic carbocycles. The highest BCUT2D eigenvalue weighted by Gasteiger charge is 2.28. The Morgan fingerprint density at radius 1 is 1.16 bits per heavy atom. The van der Waals surface area contributed by atoms with E-state index < -0.39 is 21.1 Å². The van der Waals surface area contributed by atoms with Gasteiger partial charge in [-0.1, -0.05) is 0 Å². The van der Waals surface area contributed by atoms with Crippen LogP contribution in [0.1, 0.15) is 46.1 Å². The van der Waals surface area contributed by atoms with Crippen LogP contribution in [-0.4, -0.2) is 69.0 Å². The molecule has 0 spiro atoms. The lowest BCUT2D eigenvalue weighted by Gasteiger charge is -2.37. The average molecular weight is 471 g/mol. The van der Waals surface area contributed by atoms with Crippen LogP contribution >= 0.6 is 0 Å². The molecule has 2 heterocycles. The van der Waals surface area contributed by atoms with Crippen molar-refractivity contribution >= 4 is 27.4 Å². The van der Waals surface area contributed by atoms with E-state index in [-0.39, 0.29) is 30.0 Å². The third-order valence-electron chi connectivity index (χ3n) is 6.09. The number of halogens is 1. The van der Waals surface area contributed by atoms with Crippen LogP contribution in [0.4, 0.5) is 20.6 Å². The highest BCUT2D eigenvalue weighted by molar-refractivity contribution is 7.90. The van der Waals surface area contributed by atoms with Crippen LogP contribution in [0.2, 0.25) is 0 Å². The van der Waals surface area contributed by atoms with Crippen LogP contribution in [0.15, 0.2) is 12.1 Å². The third kappa shape index (κ3) is 5.71. The number of piperidine rings is 1. The average Bonchev–Trinajstić information content (AvgIpc) is 2.71. The molecule has 2 fully saturated rings. The Morgan fingerprint density at radius 2 is 1.75 bits per heavy atom. The fraction of sp³-hybridized carbons (Fsp3) is 0.682. The molecule has 2 aliphatic heterocycles. The molecular weight excluding hydrogens is 435 g/mol. The van der Waals surface area contributed by atoms with Gasteiger partial charge >= 0.3 is 6.03 Å². The standard InChI is InChI=1S/C22H35FN4O4S/c1-14(2)32(29,30)25-18-8-10-26(11-9-18)22(28)24-19-6-7-20(17(5)21(19)23)27-12-15(3)31-16(4)13-27/h6-7,14-16,18,25H,8-13H2,1-5H3,(H,24,28). The minimum Gasteiger partial charge on any atom is -0.372 e. The summed E-state index contributed by atoms with van der Waals surface area (Å²) in [5.74, 6) is -0.442. The predicted molar refractivity (Wildman–Crippen MR) is 124 cm³/mol. The second kappa shape index (κ2) is 9.93. The van der Waals surface area contributed by atoms with E-state index in [2.05, 4.69) is 14.9 Å². The van der Waals surface area contributed by atoms with E-state index in [1.807, 2.05) is 19.9 Å². The smallest absolute Gasteiger partial charge is 0.321 e. The number of nitrogens with one attached hydrogen (secondary N) is 2. The Labute approximate surface area is 190 Å². The van der Waals surface area contributed by atoms with Gasteiger partial charge in [-0.25, -0.2) is 22.3 Å². The molecule has 0 bridgehead atoms. The molecular formula is C22H35FN4O4S. The van der Waals surface area contributed by atoms with E-state index in [1.54, 1.807) is 31.7 Å². The van der Waals surface area contributed by atoms with E-state index in [4.69, 9.17) is 4.74 Å². The molecule has 2 atom stereocenters. The number of anilines is 2. The van der Waals surface area contributed by atoms with Crippen molar-refractivity contribution in [3.63, 3.8) is 0 Å². The number of carbonyl (C=O) groups is 1. The van der Waals surface area contributed by atoms with Gasteiger partial charge in [0.2, 0.25) is 10.0 Å². The number of urea groups is 1. The number of morpholine rings is 1. The summed E-state index contributed by atoms with van der Waals surface area (Å²) in [5.41, 5.74) is 1.44. The molecule has 0 aromatic heterocycles. The fourth-order valence-electron chi connectivity index (χ4n) is 4.25. The minimum absolute atomic E-state index is 0.0635. The normalized spacial score (nSPS) is 23.0. The quantitative estimate of drug-likeness (QED) is 0.690. The third-order valence-corrected chi connectivity index (χ3v) is 8.00. The number of amides is 2. The van der Waals surface area contributed by atoms with Crippen molar-refractivity contribution in [3.8, 4) is 0 Å². The van der Waals surface area contributed by atoms with Gasteiger partial charge in [-0.2, -0.15) is 0 Å². The second-order valence-corrected chi connectivity index (χ2v) is 11.4. The molecule has 32 heavy (non-hydrogen) atoms. The summed E-state index contributed by atoms with van der Waals surface area (Å²) in [7, 11) is -3.35. The Kier molecular flexibility index (Phi) is 7.67. The summed E-state index contributed by atoms with van der Waals surface area (Å²) >= 11 is 0. The van der Waals surface area contributed by atoms with Crippen LogP contribution < -0.4 is 14.9 Å². The molecule has 1 aromatic rings. The van der Waals surface area contributed by atoms with Gasteiger partial charge in [0, 0.05) is 43.5 Å². The van der Waals surface area contributed by atoms with E-state index in [0.29, 0.717) is 44.6 Å². The zero-order valence-corrected chi connectivity index (χ0v) is 20.3. The number of likely N-dealkylation sites (tertiary alicyclic amines) is 1. The molecule has 180 valence electrons. The number of nitrogens with zero attached hydrogens (tertiary/aromatic N) is 2. The number of carbonyl (C=O) groups excluding carboxylic acids is 1. The number of hydrogen-bond acceptors (Lipinski definition) is 5. The van der Waals surface area contributed by atoms with E-state index in [0.717, 1.165) is 5.69 Å². The van der Waals surface area contributed by atoms with Crippen molar-refractivity contribution in [2.24, 2.45) is 0 Å². The molecule has 2 aliphatic rings. The highest BCUT2D eigenvalue weighted by Crippen LogP contribution is 2.30. The number of benzene rings is 1.